The summed E-state index contributed by atoms with van der Waals surface area (Å²) in [4.78, 5) is 25.0. The Balaban J connectivity index is 1.78. The van der Waals surface area contributed by atoms with Crippen LogP contribution in [0.5, 0.6) is 5.75 Å². The van der Waals surface area contributed by atoms with Crippen molar-refractivity contribution in [2.45, 2.75) is 12.8 Å². The van der Waals surface area contributed by atoms with E-state index in [0.29, 0.717) is 13.1 Å². The molecule has 1 aromatic rings. The molecule has 1 saturated heterocycles. The smallest absolute Gasteiger partial charge is 0.344 e. The fourth-order valence-corrected chi connectivity index (χ4v) is 2.58. The Morgan fingerprint density at radius 1 is 1.00 bits per heavy atom. The predicted molar refractivity (Wildman–Crippen MR) is 83.7 cm³/mol. The lowest BCUT2D eigenvalue weighted by atomic mass is 10.3. The number of carbonyl (C=O) groups excluding carboxylic acids is 2. The van der Waals surface area contributed by atoms with E-state index >= 15 is 0 Å². The lowest BCUT2D eigenvalue weighted by molar-refractivity contribution is -0.153. The quantitative estimate of drug-likeness (QED) is 0.593. The molecule has 5 nitrogen and oxygen atoms in total. The molecule has 0 aliphatic carbocycles. The van der Waals surface area contributed by atoms with Crippen LogP contribution >= 0.6 is 34.8 Å². The van der Waals surface area contributed by atoms with Gasteiger partial charge in [0.25, 0.3) is 5.91 Å². The summed E-state index contributed by atoms with van der Waals surface area (Å²) < 4.78 is 10.1. The molecule has 2 rings (SSSR count). The molecule has 0 unspecified atom stereocenters. The summed E-state index contributed by atoms with van der Waals surface area (Å²) >= 11 is 17.5. The maximum Gasteiger partial charge on any atom is 0.344 e. The van der Waals surface area contributed by atoms with Crippen molar-refractivity contribution in [3.8, 4) is 5.75 Å². The van der Waals surface area contributed by atoms with E-state index in [4.69, 9.17) is 44.3 Å². The van der Waals surface area contributed by atoms with E-state index in [0.717, 1.165) is 12.8 Å². The predicted octanol–water partition coefficient (Wildman–Crippen LogP) is 3.19. The first kappa shape index (κ1) is 17.2. The minimum Gasteiger partial charge on any atom is -0.480 e. The van der Waals surface area contributed by atoms with Crippen LogP contribution in [0.4, 0.5) is 0 Å². The summed E-state index contributed by atoms with van der Waals surface area (Å²) in [6, 6.07) is 2.83. The lowest BCUT2D eigenvalue weighted by Crippen LogP contribution is -2.32. The summed E-state index contributed by atoms with van der Waals surface area (Å²) in [5, 5.41) is 0.784. The largest absolute Gasteiger partial charge is 0.480 e. The zero-order valence-corrected chi connectivity index (χ0v) is 13.9. The summed E-state index contributed by atoms with van der Waals surface area (Å²) in [7, 11) is 0. The van der Waals surface area contributed by atoms with Crippen molar-refractivity contribution < 1.29 is 19.1 Å². The Labute approximate surface area is 143 Å². The highest BCUT2D eigenvalue weighted by Crippen LogP contribution is 2.33. The van der Waals surface area contributed by atoms with Crippen LogP contribution in [0.15, 0.2) is 12.1 Å². The van der Waals surface area contributed by atoms with Crippen LogP contribution in [0.1, 0.15) is 12.8 Å². The van der Waals surface area contributed by atoms with Gasteiger partial charge in [0.2, 0.25) is 0 Å². The minimum atomic E-state index is -0.658. The van der Waals surface area contributed by atoms with Crippen LogP contribution in [0.25, 0.3) is 0 Å². The first-order valence-electron chi connectivity index (χ1n) is 6.68. The van der Waals surface area contributed by atoms with Crippen molar-refractivity contribution in [3.63, 3.8) is 0 Å². The maximum absolute atomic E-state index is 11.7. The number of amides is 1. The first-order valence-corrected chi connectivity index (χ1v) is 7.81. The van der Waals surface area contributed by atoms with Crippen LogP contribution in [-0.2, 0) is 14.3 Å². The molecule has 1 aliphatic heterocycles. The Morgan fingerprint density at radius 2 is 1.64 bits per heavy atom. The van der Waals surface area contributed by atoms with Gasteiger partial charge in [-0.25, -0.2) is 4.79 Å². The van der Waals surface area contributed by atoms with Crippen molar-refractivity contribution in [2.75, 3.05) is 26.3 Å². The first-order chi connectivity index (χ1) is 10.5. The van der Waals surface area contributed by atoms with Crippen molar-refractivity contribution in [1.29, 1.82) is 0 Å². The van der Waals surface area contributed by atoms with E-state index in [-0.39, 0.29) is 39.9 Å². The molecule has 1 amide bonds. The Hall–Kier alpha value is -1.17. The van der Waals surface area contributed by atoms with Gasteiger partial charge in [0.05, 0.1) is 15.1 Å². The maximum atomic E-state index is 11.7. The molecule has 0 saturated carbocycles. The number of esters is 1. The Kier molecular flexibility index (Phi) is 6.17. The zero-order chi connectivity index (χ0) is 16.1. The van der Waals surface area contributed by atoms with Gasteiger partial charge in [-0.1, -0.05) is 34.8 Å². The number of carbonyl (C=O) groups is 2. The third-order valence-electron chi connectivity index (χ3n) is 3.14. The Morgan fingerprint density at radius 3 is 2.32 bits per heavy atom. The van der Waals surface area contributed by atoms with Crippen LogP contribution in [-0.4, -0.2) is 43.1 Å². The van der Waals surface area contributed by atoms with Crippen LogP contribution in [0, 0.1) is 0 Å². The molecule has 1 fully saturated rings. The van der Waals surface area contributed by atoms with Crippen molar-refractivity contribution in [3.05, 3.63) is 27.2 Å². The second-order valence-corrected chi connectivity index (χ2v) is 5.96. The summed E-state index contributed by atoms with van der Waals surface area (Å²) in [5.41, 5.74) is 0. The summed E-state index contributed by atoms with van der Waals surface area (Å²) in [6.45, 7) is 0.778. The van der Waals surface area contributed by atoms with Gasteiger partial charge in [-0.2, -0.15) is 0 Å². The van der Waals surface area contributed by atoms with Gasteiger partial charge in [-0.3, -0.25) is 4.79 Å². The van der Waals surface area contributed by atoms with Gasteiger partial charge >= 0.3 is 5.97 Å². The topological polar surface area (TPSA) is 55.8 Å². The van der Waals surface area contributed by atoms with Crippen LogP contribution < -0.4 is 4.74 Å². The third-order valence-corrected chi connectivity index (χ3v) is 4.15. The highest BCUT2D eigenvalue weighted by molar-refractivity contribution is 6.43. The standard InChI is InChI=1S/C14H14Cl3NO4/c15-9-5-11(17)12(6-10(9)16)21-8-14(20)22-7-13(19)18-3-1-2-4-18/h5-6H,1-4,7-8H2. The molecule has 120 valence electrons. The number of benzene rings is 1. The van der Waals surface area contributed by atoms with Crippen LogP contribution in [0.2, 0.25) is 15.1 Å². The monoisotopic (exact) mass is 365 g/mol. The molecule has 0 N–H and O–H groups in total. The molecule has 1 aromatic carbocycles. The molecule has 22 heavy (non-hydrogen) atoms. The number of hydrogen-bond acceptors (Lipinski definition) is 4. The third kappa shape index (κ3) is 4.66. The highest BCUT2D eigenvalue weighted by Gasteiger charge is 2.19. The zero-order valence-electron chi connectivity index (χ0n) is 11.6. The second kappa shape index (κ2) is 7.90. The highest BCUT2D eigenvalue weighted by atomic mass is 35.5. The van der Waals surface area contributed by atoms with Crippen molar-refractivity contribution in [2.24, 2.45) is 0 Å². The van der Waals surface area contributed by atoms with Gasteiger partial charge in [-0.15, -0.1) is 0 Å². The van der Waals surface area contributed by atoms with E-state index in [1.165, 1.54) is 12.1 Å². The number of nitrogens with zero attached hydrogens (tertiary/aromatic N) is 1. The van der Waals surface area contributed by atoms with Gasteiger partial charge in [0.15, 0.2) is 13.2 Å². The summed E-state index contributed by atoms with van der Waals surface area (Å²) in [5.74, 6) is -0.632. The molecule has 1 aliphatic rings. The van der Waals surface area contributed by atoms with Crippen molar-refractivity contribution in [1.82, 2.24) is 4.90 Å². The molecule has 1 heterocycles. The molecule has 0 atom stereocenters. The number of ether oxygens (including phenoxy) is 2. The SMILES string of the molecule is O=C(COc1cc(Cl)c(Cl)cc1Cl)OCC(=O)N1CCCC1. The molecular weight excluding hydrogens is 353 g/mol. The molecule has 8 heteroatoms. The van der Waals surface area contributed by atoms with E-state index in [1.807, 2.05) is 0 Å². The summed E-state index contributed by atoms with van der Waals surface area (Å²) in [6.07, 6.45) is 1.97. The number of hydrogen-bond donors (Lipinski definition) is 0. The number of halogens is 3. The fourth-order valence-electron chi connectivity index (χ4n) is 1.99. The number of rotatable bonds is 5. The average molecular weight is 367 g/mol. The van der Waals surface area contributed by atoms with Gasteiger partial charge in [-0.05, 0) is 18.9 Å². The van der Waals surface area contributed by atoms with E-state index in [2.05, 4.69) is 0 Å². The number of likely N-dealkylation sites (tertiary alicyclic amines) is 1. The molecule has 0 bridgehead atoms. The van der Waals surface area contributed by atoms with Crippen LogP contribution in [0.3, 0.4) is 0 Å². The fraction of sp³-hybridized carbons (Fsp3) is 0.429. The average Bonchev–Trinajstić information content (AvgIpc) is 3.01. The van der Waals surface area contributed by atoms with E-state index in [1.54, 1.807) is 4.90 Å². The molecule has 0 radical (unpaired) electrons. The van der Waals surface area contributed by atoms with Gasteiger partial charge in [0.1, 0.15) is 5.75 Å². The Bertz CT molecular complexity index is 573. The normalized spacial score (nSPS) is 14.0. The molecule has 0 spiro atoms. The van der Waals surface area contributed by atoms with Gasteiger partial charge < -0.3 is 14.4 Å². The second-order valence-electron chi connectivity index (χ2n) is 4.73. The molecule has 0 aromatic heterocycles. The van der Waals surface area contributed by atoms with Gasteiger partial charge in [0, 0.05) is 19.2 Å². The van der Waals surface area contributed by atoms with Crippen molar-refractivity contribution >= 4 is 46.7 Å². The minimum absolute atomic E-state index is 0.196. The lowest BCUT2D eigenvalue weighted by Gasteiger charge is -2.15. The molecular formula is C14H14Cl3NO4. The van der Waals surface area contributed by atoms with E-state index in [9.17, 15) is 9.59 Å². The van der Waals surface area contributed by atoms with E-state index < -0.39 is 5.97 Å².